The van der Waals surface area contributed by atoms with Gasteiger partial charge >= 0.3 is 0 Å². The van der Waals surface area contributed by atoms with E-state index in [9.17, 15) is 4.39 Å². The number of nitrogens with zero attached hydrogens (tertiary/aromatic N) is 3. The molecule has 0 bridgehead atoms. The highest BCUT2D eigenvalue weighted by Gasteiger charge is 2.14. The maximum absolute atomic E-state index is 13.9. The van der Waals surface area contributed by atoms with Crippen molar-refractivity contribution in [1.82, 2.24) is 15.4 Å². The molecule has 0 unspecified atom stereocenters. The van der Waals surface area contributed by atoms with Gasteiger partial charge in [0, 0.05) is 43.3 Å². The van der Waals surface area contributed by atoms with Crippen LogP contribution in [-0.2, 0) is 13.1 Å². The predicted octanol–water partition coefficient (Wildman–Crippen LogP) is 3.91. The average Bonchev–Trinajstić information content (AvgIpc) is 2.83. The summed E-state index contributed by atoms with van der Waals surface area (Å²) < 4.78 is 19.0. The predicted molar refractivity (Wildman–Crippen MR) is 104 cm³/mol. The maximum atomic E-state index is 13.9. The fourth-order valence-corrected chi connectivity index (χ4v) is 2.52. The van der Waals surface area contributed by atoms with Gasteiger partial charge in [-0.1, -0.05) is 22.8 Å². The zero-order valence-corrected chi connectivity index (χ0v) is 17.1. The molecule has 0 amide bonds. The second-order valence-corrected chi connectivity index (χ2v) is 5.67. The molecule has 0 radical (unpaired) electrons. The zero-order valence-electron chi connectivity index (χ0n) is 14.1. The summed E-state index contributed by atoms with van der Waals surface area (Å²) in [4.78, 5) is 6.03. The number of aliphatic imine (C=N–C) groups is 1. The first-order valence-electron chi connectivity index (χ1n) is 7.20. The molecule has 1 aromatic carbocycles. The maximum Gasteiger partial charge on any atom is 0.193 e. The molecule has 0 atom stereocenters. The summed E-state index contributed by atoms with van der Waals surface area (Å²) in [6.07, 6.45) is 0. The van der Waals surface area contributed by atoms with Crippen LogP contribution < -0.4 is 5.32 Å². The Balaban J connectivity index is 0.00000288. The van der Waals surface area contributed by atoms with Crippen LogP contribution in [0.25, 0.3) is 0 Å². The molecule has 132 valence electrons. The molecule has 2 rings (SSSR count). The minimum absolute atomic E-state index is 0. The third kappa shape index (κ3) is 4.83. The summed E-state index contributed by atoms with van der Waals surface area (Å²) in [5.74, 6) is 1.07. The highest BCUT2D eigenvalue weighted by Crippen LogP contribution is 2.20. The van der Waals surface area contributed by atoms with Crippen LogP contribution in [0.4, 0.5) is 4.39 Å². The van der Waals surface area contributed by atoms with Crippen molar-refractivity contribution >= 4 is 41.5 Å². The molecular formula is C16H21ClFIN4O. The molecule has 8 heteroatoms. The second-order valence-electron chi connectivity index (χ2n) is 5.26. The van der Waals surface area contributed by atoms with Crippen molar-refractivity contribution in [3.63, 3.8) is 0 Å². The van der Waals surface area contributed by atoms with E-state index < -0.39 is 0 Å². The Kier molecular flexibility index (Phi) is 7.95. The van der Waals surface area contributed by atoms with Crippen molar-refractivity contribution < 1.29 is 8.91 Å². The van der Waals surface area contributed by atoms with Crippen molar-refractivity contribution in [3.05, 3.63) is 51.6 Å². The molecule has 1 heterocycles. The van der Waals surface area contributed by atoms with E-state index in [0.29, 0.717) is 29.6 Å². The molecule has 5 nitrogen and oxygen atoms in total. The van der Waals surface area contributed by atoms with Gasteiger partial charge in [-0.25, -0.2) is 4.39 Å². The molecule has 0 saturated carbocycles. The number of halogens is 3. The minimum atomic E-state index is -0.328. The smallest absolute Gasteiger partial charge is 0.193 e. The Labute approximate surface area is 163 Å². The van der Waals surface area contributed by atoms with Gasteiger partial charge in [-0.3, -0.25) is 4.99 Å². The quantitative estimate of drug-likeness (QED) is 0.422. The van der Waals surface area contributed by atoms with Crippen LogP contribution in [0.1, 0.15) is 22.6 Å². The van der Waals surface area contributed by atoms with Gasteiger partial charge in [-0.2, -0.15) is 0 Å². The molecule has 1 N–H and O–H groups in total. The molecule has 0 saturated heterocycles. The minimum Gasteiger partial charge on any atom is -0.361 e. The summed E-state index contributed by atoms with van der Waals surface area (Å²) in [6.45, 7) is 4.59. The van der Waals surface area contributed by atoms with Gasteiger partial charge in [0.1, 0.15) is 11.6 Å². The Morgan fingerprint density at radius 2 is 2.08 bits per heavy atom. The Bertz CT molecular complexity index is 680. The van der Waals surface area contributed by atoms with E-state index in [1.165, 1.54) is 6.07 Å². The van der Waals surface area contributed by atoms with Crippen molar-refractivity contribution in [1.29, 1.82) is 0 Å². The van der Waals surface area contributed by atoms with Crippen LogP contribution in [0.15, 0.2) is 27.7 Å². The van der Waals surface area contributed by atoms with Gasteiger partial charge in [0.15, 0.2) is 5.96 Å². The number of rotatable bonds is 4. The van der Waals surface area contributed by atoms with Gasteiger partial charge in [0.25, 0.3) is 0 Å². The number of hydrogen-bond donors (Lipinski definition) is 1. The lowest BCUT2D eigenvalue weighted by molar-refractivity contribution is 0.392. The number of aryl methyl sites for hydroxylation is 2. The molecule has 0 spiro atoms. The van der Waals surface area contributed by atoms with E-state index in [2.05, 4.69) is 15.5 Å². The third-order valence-electron chi connectivity index (χ3n) is 3.63. The molecule has 2 aromatic rings. The fraction of sp³-hybridized carbons (Fsp3) is 0.375. The molecule has 1 aromatic heterocycles. The van der Waals surface area contributed by atoms with Crippen LogP contribution in [0.3, 0.4) is 0 Å². The zero-order chi connectivity index (χ0) is 17.0. The van der Waals surface area contributed by atoms with E-state index in [1.54, 1.807) is 19.2 Å². The molecule has 0 aliphatic heterocycles. The van der Waals surface area contributed by atoms with Crippen LogP contribution in [0.5, 0.6) is 0 Å². The number of aromatic nitrogens is 1. The highest BCUT2D eigenvalue weighted by atomic mass is 127. The van der Waals surface area contributed by atoms with Gasteiger partial charge in [0.2, 0.25) is 0 Å². The SMILES string of the molecule is CN=C(NCc1c(C)noc1C)N(C)Cc1c(F)cccc1Cl.I. The van der Waals surface area contributed by atoms with Crippen LogP contribution >= 0.6 is 35.6 Å². The standard InChI is InChI=1S/C16H20ClFN4O.HI/c1-10-12(11(2)23-21-10)8-20-16(19-3)22(4)9-13-14(17)6-5-7-15(13)18;/h5-7H,8-9H2,1-4H3,(H,19,20);1H. The lowest BCUT2D eigenvalue weighted by atomic mass is 10.2. The number of nitrogens with one attached hydrogen (secondary N) is 1. The molecule has 0 aliphatic rings. The Morgan fingerprint density at radius 1 is 1.38 bits per heavy atom. The highest BCUT2D eigenvalue weighted by molar-refractivity contribution is 14.0. The summed E-state index contributed by atoms with van der Waals surface area (Å²) in [5, 5.41) is 7.54. The van der Waals surface area contributed by atoms with E-state index >= 15 is 0 Å². The first-order chi connectivity index (χ1) is 10.9. The Hall–Kier alpha value is -1.35. The van der Waals surface area contributed by atoms with Crippen molar-refractivity contribution in [2.45, 2.75) is 26.9 Å². The largest absolute Gasteiger partial charge is 0.361 e. The average molecular weight is 467 g/mol. The van der Waals surface area contributed by atoms with Gasteiger partial charge in [-0.15, -0.1) is 24.0 Å². The molecule has 24 heavy (non-hydrogen) atoms. The monoisotopic (exact) mass is 466 g/mol. The molecular weight excluding hydrogens is 446 g/mol. The number of guanidine groups is 1. The van der Waals surface area contributed by atoms with E-state index in [4.69, 9.17) is 16.1 Å². The summed E-state index contributed by atoms with van der Waals surface area (Å²) in [5.41, 5.74) is 2.27. The summed E-state index contributed by atoms with van der Waals surface area (Å²) >= 11 is 6.07. The normalized spacial score (nSPS) is 11.2. The van der Waals surface area contributed by atoms with E-state index in [1.807, 2.05) is 25.8 Å². The van der Waals surface area contributed by atoms with E-state index in [-0.39, 0.29) is 29.8 Å². The van der Waals surface area contributed by atoms with Crippen LogP contribution in [0.2, 0.25) is 5.02 Å². The van der Waals surface area contributed by atoms with Gasteiger partial charge < -0.3 is 14.7 Å². The van der Waals surface area contributed by atoms with Crippen LogP contribution in [-0.4, -0.2) is 30.1 Å². The lowest BCUT2D eigenvalue weighted by Crippen LogP contribution is -2.38. The Morgan fingerprint density at radius 3 is 2.62 bits per heavy atom. The fourth-order valence-electron chi connectivity index (χ4n) is 2.30. The summed E-state index contributed by atoms with van der Waals surface area (Å²) in [6, 6.07) is 4.66. The van der Waals surface area contributed by atoms with Crippen molar-refractivity contribution in [2.24, 2.45) is 4.99 Å². The van der Waals surface area contributed by atoms with Gasteiger partial charge in [0.05, 0.1) is 5.69 Å². The molecule has 0 fully saturated rings. The van der Waals surface area contributed by atoms with E-state index in [0.717, 1.165) is 17.0 Å². The van der Waals surface area contributed by atoms with Gasteiger partial charge in [-0.05, 0) is 26.0 Å². The third-order valence-corrected chi connectivity index (χ3v) is 3.99. The number of hydrogen-bond acceptors (Lipinski definition) is 3. The number of benzene rings is 1. The molecule has 0 aliphatic carbocycles. The topological polar surface area (TPSA) is 53.7 Å². The first-order valence-corrected chi connectivity index (χ1v) is 7.58. The lowest BCUT2D eigenvalue weighted by Gasteiger charge is -2.23. The second kappa shape index (κ2) is 9.22. The first kappa shape index (κ1) is 20.7. The van der Waals surface area contributed by atoms with Crippen molar-refractivity contribution in [2.75, 3.05) is 14.1 Å². The van der Waals surface area contributed by atoms with Crippen molar-refractivity contribution in [3.8, 4) is 0 Å². The van der Waals surface area contributed by atoms with Crippen LogP contribution in [0, 0.1) is 19.7 Å². The summed E-state index contributed by atoms with van der Waals surface area (Å²) in [7, 11) is 3.50.